The van der Waals surface area contributed by atoms with Crippen LogP contribution in [0.15, 0.2) is 108 Å². The van der Waals surface area contributed by atoms with Crippen molar-refractivity contribution in [2.45, 2.75) is 29.9 Å². The summed E-state index contributed by atoms with van der Waals surface area (Å²) in [4.78, 5) is 52.2. The molecule has 5 rings (SSSR count). The van der Waals surface area contributed by atoms with Gasteiger partial charge < -0.3 is 15.2 Å². The number of carbonyl (C=O) groups is 4. The summed E-state index contributed by atoms with van der Waals surface area (Å²) in [6, 6.07) is 22.6. The average molecular weight is 678 g/mol. The number of primary amides is 1. The van der Waals surface area contributed by atoms with Crippen molar-refractivity contribution in [3.05, 3.63) is 131 Å². The molecule has 1 saturated heterocycles. The van der Waals surface area contributed by atoms with E-state index in [9.17, 15) is 32.0 Å². The highest BCUT2D eigenvalue weighted by Gasteiger charge is 2.57. The van der Waals surface area contributed by atoms with E-state index in [-0.39, 0.29) is 37.2 Å². The van der Waals surface area contributed by atoms with Gasteiger partial charge in [-0.25, -0.2) is 36.4 Å². The second kappa shape index (κ2) is 14.1. The van der Waals surface area contributed by atoms with Crippen molar-refractivity contribution in [2.24, 2.45) is 5.73 Å². The number of nitrogens with two attached hydrogens (primary N) is 1. The van der Waals surface area contributed by atoms with Crippen molar-refractivity contribution >= 4 is 39.6 Å². The standard InChI is InChI=1S/C34H29F2N3O8S/c35-27-15-5-4-14-26(27)34(18-9-19-39(34)48(44,45)29-17-7-6-16-28(29)36)32(42)47-30(40)21-38(33(37)43)25-13-8-12-24(20-25)31(41)46-22-23-10-2-1-3-11-23/h1-8,10-17,20H,9,18-19,21-22H2,(H2,37,43). The molecule has 1 heterocycles. The Hall–Kier alpha value is -5.47. The molecule has 1 fully saturated rings. The molecule has 0 aromatic heterocycles. The van der Waals surface area contributed by atoms with Gasteiger partial charge >= 0.3 is 23.9 Å². The summed E-state index contributed by atoms with van der Waals surface area (Å²) >= 11 is 0. The molecule has 0 spiro atoms. The molecule has 4 aromatic rings. The normalized spacial score (nSPS) is 16.2. The quantitative estimate of drug-likeness (QED) is 0.188. The fourth-order valence-electron chi connectivity index (χ4n) is 5.52. The lowest BCUT2D eigenvalue weighted by Gasteiger charge is -2.35. The Morgan fingerprint density at radius 2 is 1.52 bits per heavy atom. The largest absolute Gasteiger partial charge is 0.457 e. The van der Waals surface area contributed by atoms with E-state index in [1.807, 2.05) is 6.07 Å². The number of nitrogens with zero attached hydrogens (tertiary/aromatic N) is 2. The molecule has 1 unspecified atom stereocenters. The number of halogens is 2. The van der Waals surface area contributed by atoms with Crippen molar-refractivity contribution in [1.82, 2.24) is 4.31 Å². The van der Waals surface area contributed by atoms with Crippen LogP contribution in [0.25, 0.3) is 0 Å². The lowest BCUT2D eigenvalue weighted by Crippen LogP contribution is -2.53. The predicted molar refractivity (Wildman–Crippen MR) is 168 cm³/mol. The summed E-state index contributed by atoms with van der Waals surface area (Å²) in [5.74, 6) is -5.60. The maximum absolute atomic E-state index is 15.3. The summed E-state index contributed by atoms with van der Waals surface area (Å²) in [5.41, 5.74) is 3.47. The number of ether oxygens (including phenoxy) is 2. The van der Waals surface area contributed by atoms with Gasteiger partial charge in [0.2, 0.25) is 10.0 Å². The summed E-state index contributed by atoms with van der Waals surface area (Å²) in [7, 11) is -4.79. The van der Waals surface area contributed by atoms with Crippen LogP contribution in [-0.2, 0) is 41.2 Å². The van der Waals surface area contributed by atoms with Crippen LogP contribution in [-0.4, -0.2) is 49.8 Å². The van der Waals surface area contributed by atoms with Gasteiger partial charge in [0.05, 0.1) is 5.56 Å². The highest BCUT2D eigenvalue weighted by Crippen LogP contribution is 2.45. The maximum atomic E-state index is 15.3. The molecule has 14 heteroatoms. The Morgan fingerprint density at radius 1 is 0.854 bits per heavy atom. The molecular weight excluding hydrogens is 648 g/mol. The first-order chi connectivity index (χ1) is 22.9. The van der Waals surface area contributed by atoms with E-state index in [2.05, 4.69) is 0 Å². The smallest absolute Gasteiger partial charge is 0.340 e. The zero-order valence-electron chi connectivity index (χ0n) is 25.3. The van der Waals surface area contributed by atoms with Crippen LogP contribution >= 0.6 is 0 Å². The molecule has 1 aliphatic rings. The zero-order chi connectivity index (χ0) is 34.5. The minimum absolute atomic E-state index is 0.0190. The minimum atomic E-state index is -4.79. The summed E-state index contributed by atoms with van der Waals surface area (Å²) in [6.45, 7) is -1.29. The lowest BCUT2D eigenvalue weighted by atomic mass is 9.88. The first-order valence-electron chi connectivity index (χ1n) is 14.6. The predicted octanol–water partition coefficient (Wildman–Crippen LogP) is 4.66. The molecule has 0 bridgehead atoms. The number of urea groups is 1. The Balaban J connectivity index is 1.41. The summed E-state index contributed by atoms with van der Waals surface area (Å²) < 4.78 is 68.7. The van der Waals surface area contributed by atoms with Gasteiger partial charge in [0.25, 0.3) is 0 Å². The number of hydrogen-bond donors (Lipinski definition) is 1. The van der Waals surface area contributed by atoms with Crippen molar-refractivity contribution in [2.75, 3.05) is 18.0 Å². The topological polar surface area (TPSA) is 153 Å². The van der Waals surface area contributed by atoms with Crippen molar-refractivity contribution in [1.29, 1.82) is 0 Å². The molecule has 0 radical (unpaired) electrons. The van der Waals surface area contributed by atoms with E-state index >= 15 is 4.39 Å². The number of benzene rings is 4. The third-order valence-corrected chi connectivity index (χ3v) is 9.71. The van der Waals surface area contributed by atoms with E-state index in [4.69, 9.17) is 15.2 Å². The van der Waals surface area contributed by atoms with Gasteiger partial charge in [-0.2, -0.15) is 4.31 Å². The maximum Gasteiger partial charge on any atom is 0.340 e. The number of sulfonamides is 1. The second-order valence-electron chi connectivity index (χ2n) is 10.7. The Kier molecular flexibility index (Phi) is 9.96. The summed E-state index contributed by atoms with van der Waals surface area (Å²) in [6.07, 6.45) is -0.272. The molecule has 11 nitrogen and oxygen atoms in total. The molecule has 0 aliphatic carbocycles. The van der Waals surface area contributed by atoms with Crippen LogP contribution in [0.5, 0.6) is 0 Å². The van der Waals surface area contributed by atoms with E-state index in [1.165, 1.54) is 54.6 Å². The molecule has 2 amide bonds. The Bertz CT molecular complexity index is 1980. The molecule has 2 N–H and O–H groups in total. The van der Waals surface area contributed by atoms with Crippen molar-refractivity contribution in [3.63, 3.8) is 0 Å². The Morgan fingerprint density at radius 3 is 2.21 bits per heavy atom. The zero-order valence-corrected chi connectivity index (χ0v) is 26.1. The summed E-state index contributed by atoms with van der Waals surface area (Å²) in [5, 5.41) is 0. The van der Waals surface area contributed by atoms with Crippen LogP contribution in [0.4, 0.5) is 19.3 Å². The number of esters is 3. The monoisotopic (exact) mass is 677 g/mol. The van der Waals surface area contributed by atoms with Crippen LogP contribution in [0.2, 0.25) is 0 Å². The van der Waals surface area contributed by atoms with Crippen LogP contribution in [0.1, 0.15) is 34.3 Å². The number of hydrogen-bond acceptors (Lipinski definition) is 8. The van der Waals surface area contributed by atoms with Crippen LogP contribution in [0, 0.1) is 11.6 Å². The van der Waals surface area contributed by atoms with Crippen LogP contribution in [0.3, 0.4) is 0 Å². The minimum Gasteiger partial charge on any atom is -0.457 e. The fourth-order valence-corrected chi connectivity index (χ4v) is 7.37. The van der Waals surface area contributed by atoms with Gasteiger partial charge in [-0.1, -0.05) is 66.7 Å². The van der Waals surface area contributed by atoms with Crippen molar-refractivity contribution in [3.8, 4) is 0 Å². The Labute approximate surface area is 274 Å². The number of anilines is 1. The third kappa shape index (κ3) is 6.80. The lowest BCUT2D eigenvalue weighted by molar-refractivity contribution is -0.166. The van der Waals surface area contributed by atoms with Gasteiger partial charge in [-0.05, 0) is 54.8 Å². The fraction of sp³-hybridized carbons (Fsp3) is 0.176. The van der Waals surface area contributed by atoms with Crippen LogP contribution < -0.4 is 10.6 Å². The van der Waals surface area contributed by atoms with Gasteiger partial charge in [0.15, 0.2) is 5.54 Å². The van der Waals surface area contributed by atoms with E-state index < -0.39 is 68.1 Å². The number of rotatable bonds is 10. The van der Waals surface area contributed by atoms with Gasteiger partial charge in [-0.15, -0.1) is 0 Å². The van der Waals surface area contributed by atoms with E-state index in [0.29, 0.717) is 4.31 Å². The van der Waals surface area contributed by atoms with E-state index in [1.54, 1.807) is 24.3 Å². The highest BCUT2D eigenvalue weighted by atomic mass is 32.2. The SMILES string of the molecule is NC(=O)N(CC(=O)OC(=O)C1(c2ccccc2F)CCCN1S(=O)(=O)c1ccccc1F)c1cccc(C(=O)OCc2ccccc2)c1. The number of carbonyl (C=O) groups excluding carboxylic acids is 4. The first-order valence-corrected chi connectivity index (χ1v) is 16.0. The molecular formula is C34H29F2N3O8S. The number of amides is 2. The van der Waals surface area contributed by atoms with E-state index in [0.717, 1.165) is 28.7 Å². The molecule has 4 aromatic carbocycles. The molecule has 0 saturated carbocycles. The molecule has 1 atom stereocenters. The van der Waals surface area contributed by atoms with Gasteiger partial charge in [-0.3, -0.25) is 4.90 Å². The molecule has 1 aliphatic heterocycles. The van der Waals surface area contributed by atoms with Gasteiger partial charge in [0, 0.05) is 17.8 Å². The second-order valence-corrected chi connectivity index (χ2v) is 12.6. The highest BCUT2D eigenvalue weighted by molar-refractivity contribution is 7.89. The molecule has 48 heavy (non-hydrogen) atoms. The first kappa shape index (κ1) is 33.9. The average Bonchev–Trinajstić information content (AvgIpc) is 3.54. The van der Waals surface area contributed by atoms with Gasteiger partial charge in [0.1, 0.15) is 29.7 Å². The molecule has 248 valence electrons. The third-order valence-electron chi connectivity index (χ3n) is 7.75. The van der Waals surface area contributed by atoms with Crippen molar-refractivity contribution < 1.29 is 45.9 Å².